The molecule has 0 fully saturated rings. The van der Waals surface area contributed by atoms with Crippen LogP contribution in [0.4, 0.5) is 8.78 Å². The van der Waals surface area contributed by atoms with Crippen LogP contribution in [0.5, 0.6) is 0 Å². The summed E-state index contributed by atoms with van der Waals surface area (Å²) < 4.78 is 29.4. The first-order valence-corrected chi connectivity index (χ1v) is 4.21. The lowest BCUT2D eigenvalue weighted by Crippen LogP contribution is -2.30. The Hall–Kier alpha value is -0.560. The van der Waals surface area contributed by atoms with E-state index in [-0.39, 0.29) is 5.82 Å². The van der Waals surface area contributed by atoms with E-state index in [1.807, 2.05) is 0 Å². The first-order chi connectivity index (χ1) is 5.71. The van der Waals surface area contributed by atoms with Crippen LogP contribution in [0.1, 0.15) is 25.6 Å². The maximum atomic E-state index is 12.5. The summed E-state index contributed by atoms with van der Waals surface area (Å²) in [6.07, 6.45) is 0. The highest BCUT2D eigenvalue weighted by Crippen LogP contribution is 2.33. The quantitative estimate of drug-likeness (QED) is 0.818. The molecule has 7 heteroatoms. The maximum Gasteiger partial charge on any atom is 0.378 e. The fourth-order valence-electron chi connectivity index (χ4n) is 0.600. The SMILES string of the molecule is CC(C)(N)c1noc(C(F)(F)Br)n1. The van der Waals surface area contributed by atoms with Crippen LogP contribution in [-0.2, 0) is 10.4 Å². The molecule has 0 spiro atoms. The minimum absolute atomic E-state index is 0.0432. The molecule has 1 heterocycles. The van der Waals surface area contributed by atoms with E-state index in [1.54, 1.807) is 13.8 Å². The molecule has 1 rings (SSSR count). The summed E-state index contributed by atoms with van der Waals surface area (Å²) in [6, 6.07) is 0. The monoisotopic (exact) mass is 255 g/mol. The Labute approximate surface area is 81.6 Å². The summed E-state index contributed by atoms with van der Waals surface area (Å²) >= 11 is 2.10. The van der Waals surface area contributed by atoms with Crippen LogP contribution in [0.2, 0.25) is 0 Å². The molecule has 2 N–H and O–H groups in total. The van der Waals surface area contributed by atoms with Crippen LogP contribution in [0.3, 0.4) is 0 Å². The Kier molecular flexibility index (Phi) is 2.42. The molecule has 13 heavy (non-hydrogen) atoms. The van der Waals surface area contributed by atoms with Gasteiger partial charge in [-0.15, -0.1) is 0 Å². The molecular weight excluding hydrogens is 248 g/mol. The lowest BCUT2D eigenvalue weighted by atomic mass is 10.1. The lowest BCUT2D eigenvalue weighted by molar-refractivity contribution is 0.0725. The number of hydrogen-bond acceptors (Lipinski definition) is 4. The fourth-order valence-corrected chi connectivity index (χ4v) is 0.761. The molecule has 74 valence electrons. The van der Waals surface area contributed by atoms with Gasteiger partial charge in [-0.3, -0.25) is 0 Å². The number of rotatable bonds is 2. The molecule has 0 aliphatic rings. The average molecular weight is 256 g/mol. The van der Waals surface area contributed by atoms with E-state index in [0.717, 1.165) is 0 Å². The maximum absolute atomic E-state index is 12.5. The normalized spacial score (nSPS) is 13.4. The summed E-state index contributed by atoms with van der Waals surface area (Å²) in [4.78, 5) is 0.151. The van der Waals surface area contributed by atoms with Gasteiger partial charge in [0.1, 0.15) is 0 Å². The van der Waals surface area contributed by atoms with Crippen molar-refractivity contribution in [3.8, 4) is 0 Å². The highest BCUT2D eigenvalue weighted by molar-refractivity contribution is 9.09. The van der Waals surface area contributed by atoms with Crippen LogP contribution in [0.25, 0.3) is 0 Å². The molecule has 0 bridgehead atoms. The molecule has 0 aliphatic carbocycles. The third-order valence-corrected chi connectivity index (χ3v) is 1.58. The largest absolute Gasteiger partial charge is 0.378 e. The van der Waals surface area contributed by atoms with E-state index >= 15 is 0 Å². The minimum atomic E-state index is -3.30. The van der Waals surface area contributed by atoms with Gasteiger partial charge >= 0.3 is 10.7 Å². The van der Waals surface area contributed by atoms with Crippen molar-refractivity contribution in [2.24, 2.45) is 5.73 Å². The van der Waals surface area contributed by atoms with Crippen molar-refractivity contribution in [2.75, 3.05) is 0 Å². The molecule has 0 radical (unpaired) electrons. The number of halogens is 3. The van der Waals surface area contributed by atoms with E-state index in [1.165, 1.54) is 0 Å². The predicted molar refractivity (Wildman–Crippen MR) is 44.3 cm³/mol. The predicted octanol–water partition coefficient (Wildman–Crippen LogP) is 1.71. The molecule has 0 aromatic carbocycles. The van der Waals surface area contributed by atoms with Crippen molar-refractivity contribution >= 4 is 15.9 Å². The Morgan fingerprint density at radius 1 is 1.46 bits per heavy atom. The molecule has 0 saturated carbocycles. The first kappa shape index (κ1) is 10.5. The van der Waals surface area contributed by atoms with Crippen LogP contribution < -0.4 is 5.73 Å². The zero-order valence-corrected chi connectivity index (χ0v) is 8.60. The molecule has 0 unspecified atom stereocenters. The topological polar surface area (TPSA) is 64.9 Å². The van der Waals surface area contributed by atoms with Crippen molar-refractivity contribution in [3.05, 3.63) is 11.7 Å². The van der Waals surface area contributed by atoms with Gasteiger partial charge in [-0.1, -0.05) is 5.16 Å². The van der Waals surface area contributed by atoms with Gasteiger partial charge in [-0.2, -0.15) is 13.8 Å². The highest BCUT2D eigenvalue weighted by Gasteiger charge is 2.36. The van der Waals surface area contributed by atoms with Gasteiger partial charge in [-0.25, -0.2) is 0 Å². The number of hydrogen-bond donors (Lipinski definition) is 1. The van der Waals surface area contributed by atoms with Crippen LogP contribution in [0, 0.1) is 0 Å². The second kappa shape index (κ2) is 2.98. The van der Waals surface area contributed by atoms with Crippen molar-refractivity contribution in [3.63, 3.8) is 0 Å². The van der Waals surface area contributed by atoms with Crippen LogP contribution >= 0.6 is 15.9 Å². The average Bonchev–Trinajstić information content (AvgIpc) is 2.28. The molecule has 0 aliphatic heterocycles. The molecule has 0 atom stereocenters. The summed E-state index contributed by atoms with van der Waals surface area (Å²) in [5.74, 6) is -0.748. The van der Waals surface area contributed by atoms with E-state index < -0.39 is 16.3 Å². The van der Waals surface area contributed by atoms with Gasteiger partial charge in [0.2, 0.25) is 0 Å². The zero-order valence-electron chi connectivity index (χ0n) is 7.01. The summed E-state index contributed by atoms with van der Waals surface area (Å²) in [6.45, 7) is 3.18. The van der Waals surface area contributed by atoms with E-state index in [9.17, 15) is 8.78 Å². The number of alkyl halides is 3. The van der Waals surface area contributed by atoms with Crippen molar-refractivity contribution in [1.29, 1.82) is 0 Å². The van der Waals surface area contributed by atoms with Gasteiger partial charge in [0, 0.05) is 15.9 Å². The Morgan fingerprint density at radius 3 is 2.23 bits per heavy atom. The van der Waals surface area contributed by atoms with Gasteiger partial charge in [-0.05, 0) is 13.8 Å². The van der Waals surface area contributed by atoms with E-state index in [0.29, 0.717) is 0 Å². The molecule has 4 nitrogen and oxygen atoms in total. The number of nitrogens with zero attached hydrogens (tertiary/aromatic N) is 2. The minimum Gasteiger partial charge on any atom is -0.331 e. The van der Waals surface area contributed by atoms with Crippen LogP contribution in [0.15, 0.2) is 4.52 Å². The van der Waals surface area contributed by atoms with Gasteiger partial charge in [0.25, 0.3) is 0 Å². The zero-order chi connectivity index (χ0) is 10.3. The molecule has 0 saturated heterocycles. The Balaban J connectivity index is 3.01. The number of aromatic nitrogens is 2. The van der Waals surface area contributed by atoms with Gasteiger partial charge in [0.05, 0.1) is 5.54 Å². The Morgan fingerprint density at radius 2 is 2.00 bits per heavy atom. The molecular formula is C6H8BrF2N3O. The van der Waals surface area contributed by atoms with Crippen molar-refractivity contribution in [1.82, 2.24) is 10.1 Å². The third-order valence-electron chi connectivity index (χ3n) is 1.24. The first-order valence-electron chi connectivity index (χ1n) is 3.41. The third kappa shape index (κ3) is 2.44. The second-order valence-electron chi connectivity index (χ2n) is 3.14. The Bertz CT molecular complexity index is 273. The van der Waals surface area contributed by atoms with E-state index in [4.69, 9.17) is 5.73 Å². The summed E-state index contributed by atoms with van der Waals surface area (Å²) in [5.41, 5.74) is 4.68. The van der Waals surface area contributed by atoms with Gasteiger partial charge < -0.3 is 10.3 Å². The van der Waals surface area contributed by atoms with Crippen molar-refractivity contribution < 1.29 is 13.3 Å². The number of nitrogens with two attached hydrogens (primary N) is 1. The standard InChI is InChI=1S/C6H8BrF2N3O/c1-5(2,10)3-11-4(13-12-3)6(7,8)9/h10H2,1-2H3. The molecule has 0 amide bonds. The van der Waals surface area contributed by atoms with Crippen molar-refractivity contribution in [2.45, 2.75) is 24.2 Å². The lowest BCUT2D eigenvalue weighted by Gasteiger charge is -2.11. The van der Waals surface area contributed by atoms with Gasteiger partial charge in [0.15, 0.2) is 5.82 Å². The molecule has 1 aromatic heterocycles. The summed E-state index contributed by atoms with van der Waals surface area (Å²) in [5, 5.41) is 3.33. The summed E-state index contributed by atoms with van der Waals surface area (Å²) in [7, 11) is 0. The smallest absolute Gasteiger partial charge is 0.331 e. The molecule has 1 aromatic rings. The fraction of sp³-hybridized carbons (Fsp3) is 0.667. The highest BCUT2D eigenvalue weighted by atomic mass is 79.9. The van der Waals surface area contributed by atoms with Crippen LogP contribution in [-0.4, -0.2) is 10.1 Å². The van der Waals surface area contributed by atoms with E-state index in [2.05, 4.69) is 30.6 Å². The second-order valence-corrected chi connectivity index (χ2v) is 4.14.